The third-order valence-electron chi connectivity index (χ3n) is 3.81. The maximum absolute atomic E-state index is 12.0. The minimum atomic E-state index is 0. The van der Waals surface area contributed by atoms with E-state index in [-0.39, 0.29) is 18.3 Å². The van der Waals surface area contributed by atoms with E-state index in [1.165, 1.54) is 6.42 Å². The molecule has 0 radical (unpaired) electrons. The smallest absolute Gasteiger partial charge is 0.224 e. The van der Waals surface area contributed by atoms with E-state index in [0.29, 0.717) is 29.5 Å². The summed E-state index contributed by atoms with van der Waals surface area (Å²) in [6.07, 6.45) is 4.13. The Morgan fingerprint density at radius 1 is 1.45 bits per heavy atom. The Bertz CT molecular complexity index is 465. The number of nitrogen functional groups attached to an aromatic ring is 1. The molecular formula is C15H23ClN2O2. The molecule has 0 saturated heterocycles. The normalized spacial score (nSPS) is 21.1. The average molecular weight is 299 g/mol. The molecule has 4 nitrogen and oxygen atoms in total. The first kappa shape index (κ1) is 16.6. The van der Waals surface area contributed by atoms with Crippen LogP contribution in [0.3, 0.4) is 0 Å². The number of nitrogens with one attached hydrogen (secondary N) is 1. The molecular weight excluding hydrogens is 276 g/mol. The molecule has 3 N–H and O–H groups in total. The molecule has 2 rings (SSSR count). The van der Waals surface area contributed by atoms with Gasteiger partial charge >= 0.3 is 0 Å². The zero-order chi connectivity index (χ0) is 13.8. The molecule has 2 atom stereocenters. The highest BCUT2D eigenvalue weighted by atomic mass is 35.5. The maximum Gasteiger partial charge on any atom is 0.224 e. The molecule has 1 amide bonds. The zero-order valence-corrected chi connectivity index (χ0v) is 12.8. The lowest BCUT2D eigenvalue weighted by molar-refractivity contribution is -0.117. The summed E-state index contributed by atoms with van der Waals surface area (Å²) >= 11 is 0. The predicted molar refractivity (Wildman–Crippen MR) is 84.4 cm³/mol. The molecule has 1 aliphatic carbocycles. The highest BCUT2D eigenvalue weighted by Gasteiger charge is 2.23. The standard InChI is InChI=1S/C15H22N2O2.ClH/c1-10-3-4-11(7-10)8-15(18)17-14-9-12(19-2)5-6-13(14)16;/h5-6,9-11H,3-4,7-8,16H2,1-2H3,(H,17,18);1H. The quantitative estimate of drug-likeness (QED) is 0.837. The highest BCUT2D eigenvalue weighted by molar-refractivity contribution is 5.94. The molecule has 1 aromatic rings. The summed E-state index contributed by atoms with van der Waals surface area (Å²) in [6, 6.07) is 5.28. The number of amides is 1. The van der Waals surface area contributed by atoms with Crippen LogP contribution < -0.4 is 15.8 Å². The predicted octanol–water partition coefficient (Wildman–Crippen LogP) is 3.46. The van der Waals surface area contributed by atoms with Crippen LogP contribution in [0.15, 0.2) is 18.2 Å². The Morgan fingerprint density at radius 3 is 2.80 bits per heavy atom. The molecule has 0 bridgehead atoms. The van der Waals surface area contributed by atoms with E-state index in [1.54, 1.807) is 25.3 Å². The number of benzene rings is 1. The first-order valence-corrected chi connectivity index (χ1v) is 6.82. The SMILES string of the molecule is COc1ccc(N)c(NC(=O)CC2CCC(C)C2)c1.Cl. The topological polar surface area (TPSA) is 64.3 Å². The summed E-state index contributed by atoms with van der Waals surface area (Å²) in [4.78, 5) is 12.0. The van der Waals surface area contributed by atoms with Gasteiger partial charge in [0, 0.05) is 12.5 Å². The van der Waals surface area contributed by atoms with Crippen molar-refractivity contribution in [3.63, 3.8) is 0 Å². The lowest BCUT2D eigenvalue weighted by Gasteiger charge is -2.12. The number of anilines is 2. The Balaban J connectivity index is 0.00000200. The number of nitrogens with two attached hydrogens (primary N) is 1. The molecule has 112 valence electrons. The lowest BCUT2D eigenvalue weighted by atomic mass is 10.0. The Hall–Kier alpha value is -1.42. The first-order valence-electron chi connectivity index (χ1n) is 6.82. The van der Waals surface area contributed by atoms with E-state index in [2.05, 4.69) is 12.2 Å². The second-order valence-electron chi connectivity index (χ2n) is 5.49. The number of methoxy groups -OCH3 is 1. The lowest BCUT2D eigenvalue weighted by Crippen LogP contribution is -2.16. The van der Waals surface area contributed by atoms with Crippen molar-refractivity contribution in [3.8, 4) is 5.75 Å². The molecule has 5 heteroatoms. The van der Waals surface area contributed by atoms with E-state index in [9.17, 15) is 4.79 Å². The van der Waals surface area contributed by atoms with Crippen molar-refractivity contribution in [3.05, 3.63) is 18.2 Å². The fourth-order valence-electron chi connectivity index (χ4n) is 2.74. The van der Waals surface area contributed by atoms with E-state index < -0.39 is 0 Å². The largest absolute Gasteiger partial charge is 0.497 e. The van der Waals surface area contributed by atoms with Gasteiger partial charge in [-0.1, -0.05) is 13.3 Å². The molecule has 0 aromatic heterocycles. The Morgan fingerprint density at radius 2 is 2.20 bits per heavy atom. The molecule has 0 aliphatic heterocycles. The van der Waals surface area contributed by atoms with Gasteiger partial charge in [0.15, 0.2) is 0 Å². The second-order valence-corrected chi connectivity index (χ2v) is 5.49. The van der Waals surface area contributed by atoms with Gasteiger partial charge in [-0.25, -0.2) is 0 Å². The van der Waals surface area contributed by atoms with Gasteiger partial charge < -0.3 is 15.8 Å². The number of rotatable bonds is 4. The minimum Gasteiger partial charge on any atom is -0.497 e. The summed E-state index contributed by atoms with van der Waals surface area (Å²) in [6.45, 7) is 2.25. The maximum atomic E-state index is 12.0. The Labute approximate surface area is 126 Å². The van der Waals surface area contributed by atoms with Crippen molar-refractivity contribution in [1.82, 2.24) is 0 Å². The van der Waals surface area contributed by atoms with Crippen LogP contribution in [0.2, 0.25) is 0 Å². The number of carbonyl (C=O) groups excluding carboxylic acids is 1. The number of halogens is 1. The van der Waals surface area contributed by atoms with Crippen molar-refractivity contribution >= 4 is 29.7 Å². The highest BCUT2D eigenvalue weighted by Crippen LogP contribution is 2.33. The van der Waals surface area contributed by atoms with Gasteiger partial charge in [-0.3, -0.25) is 4.79 Å². The van der Waals surface area contributed by atoms with Crippen LogP contribution in [-0.2, 0) is 4.79 Å². The summed E-state index contributed by atoms with van der Waals surface area (Å²) in [5, 5.41) is 2.88. The monoisotopic (exact) mass is 298 g/mol. The van der Waals surface area contributed by atoms with Crippen molar-refractivity contribution in [1.29, 1.82) is 0 Å². The minimum absolute atomic E-state index is 0. The van der Waals surface area contributed by atoms with Gasteiger partial charge in [-0.2, -0.15) is 0 Å². The molecule has 2 unspecified atom stereocenters. The molecule has 20 heavy (non-hydrogen) atoms. The third-order valence-corrected chi connectivity index (χ3v) is 3.81. The van der Waals surface area contributed by atoms with Crippen LogP contribution in [0.25, 0.3) is 0 Å². The summed E-state index contributed by atoms with van der Waals surface area (Å²) in [5.41, 5.74) is 7.05. The first-order chi connectivity index (χ1) is 9.08. The zero-order valence-electron chi connectivity index (χ0n) is 12.0. The molecule has 0 spiro atoms. The van der Waals surface area contributed by atoms with Crippen molar-refractivity contribution < 1.29 is 9.53 Å². The molecule has 0 heterocycles. The van der Waals surface area contributed by atoms with Gasteiger partial charge in [-0.15, -0.1) is 12.4 Å². The number of ether oxygens (including phenoxy) is 1. The number of carbonyl (C=O) groups is 1. The van der Waals surface area contributed by atoms with Gasteiger partial charge in [0.05, 0.1) is 18.5 Å². The third kappa shape index (κ3) is 4.30. The van der Waals surface area contributed by atoms with Crippen LogP contribution in [0, 0.1) is 11.8 Å². The van der Waals surface area contributed by atoms with E-state index in [4.69, 9.17) is 10.5 Å². The van der Waals surface area contributed by atoms with E-state index in [0.717, 1.165) is 18.8 Å². The van der Waals surface area contributed by atoms with Crippen molar-refractivity contribution in [2.45, 2.75) is 32.6 Å². The fraction of sp³-hybridized carbons (Fsp3) is 0.533. The summed E-state index contributed by atoms with van der Waals surface area (Å²) in [5.74, 6) is 2.00. The molecule has 1 saturated carbocycles. The van der Waals surface area contributed by atoms with E-state index >= 15 is 0 Å². The van der Waals surface area contributed by atoms with E-state index in [1.807, 2.05) is 0 Å². The van der Waals surface area contributed by atoms with Gasteiger partial charge in [0.1, 0.15) is 5.75 Å². The number of hydrogen-bond donors (Lipinski definition) is 2. The van der Waals surface area contributed by atoms with Crippen LogP contribution >= 0.6 is 12.4 Å². The Kier molecular flexibility index (Phi) is 6.14. The molecule has 1 aromatic carbocycles. The molecule has 1 aliphatic rings. The van der Waals surface area contributed by atoms with Gasteiger partial charge in [0.25, 0.3) is 0 Å². The number of hydrogen-bond acceptors (Lipinski definition) is 3. The van der Waals surface area contributed by atoms with Crippen LogP contribution in [0.1, 0.15) is 32.6 Å². The van der Waals surface area contributed by atoms with Crippen LogP contribution in [0.4, 0.5) is 11.4 Å². The van der Waals surface area contributed by atoms with Gasteiger partial charge in [0.2, 0.25) is 5.91 Å². The molecule has 1 fully saturated rings. The van der Waals surface area contributed by atoms with Crippen molar-refractivity contribution in [2.24, 2.45) is 11.8 Å². The van der Waals surface area contributed by atoms with Crippen LogP contribution in [-0.4, -0.2) is 13.0 Å². The van der Waals surface area contributed by atoms with Crippen molar-refractivity contribution in [2.75, 3.05) is 18.2 Å². The van der Waals surface area contributed by atoms with Crippen LogP contribution in [0.5, 0.6) is 5.75 Å². The fourth-order valence-corrected chi connectivity index (χ4v) is 2.74. The second kappa shape index (κ2) is 7.39. The van der Waals surface area contributed by atoms with Gasteiger partial charge in [-0.05, 0) is 36.8 Å². The summed E-state index contributed by atoms with van der Waals surface area (Å²) in [7, 11) is 1.59. The average Bonchev–Trinajstić information content (AvgIpc) is 2.77. The summed E-state index contributed by atoms with van der Waals surface area (Å²) < 4.78 is 5.13.